The average molecular weight is 233 g/mol. The summed E-state index contributed by atoms with van der Waals surface area (Å²) in [5.74, 6) is 0. The van der Waals surface area contributed by atoms with E-state index in [0.29, 0.717) is 6.29 Å². The van der Waals surface area contributed by atoms with Crippen molar-refractivity contribution in [1.29, 1.82) is 5.41 Å². The Morgan fingerprint density at radius 3 is 2.50 bits per heavy atom. The van der Waals surface area contributed by atoms with Crippen LogP contribution >= 0.6 is 11.8 Å². The number of nitrogens with one attached hydrogen (secondary N) is 1. The highest BCUT2D eigenvalue weighted by molar-refractivity contribution is 8.23. The smallest absolute Gasteiger partial charge is 0.174 e. The van der Waals surface area contributed by atoms with Gasteiger partial charge in [-0.05, 0) is 18.9 Å². The minimum Gasteiger partial charge on any atom is -0.296 e. The number of thioether (sulfide) groups is 1. The Morgan fingerprint density at radius 1 is 1.38 bits per heavy atom. The first-order valence-electron chi connectivity index (χ1n) is 5.15. The van der Waals surface area contributed by atoms with E-state index < -0.39 is 0 Å². The molecule has 3 heteroatoms. The van der Waals surface area contributed by atoms with Gasteiger partial charge in [-0.2, -0.15) is 0 Å². The van der Waals surface area contributed by atoms with E-state index in [1.807, 2.05) is 37.3 Å². The molecular formula is C13H15NOS. The van der Waals surface area contributed by atoms with Crippen molar-refractivity contribution >= 4 is 28.0 Å². The molecule has 1 N–H and O–H groups in total. The summed E-state index contributed by atoms with van der Waals surface area (Å²) >= 11 is 1.23. The summed E-state index contributed by atoms with van der Waals surface area (Å²) in [5, 5.41) is 7.49. The normalized spacial score (nSPS) is 11.9. The zero-order valence-corrected chi connectivity index (χ0v) is 10.3. The third-order valence-corrected chi connectivity index (χ3v) is 3.38. The fourth-order valence-electron chi connectivity index (χ4n) is 1.28. The van der Waals surface area contributed by atoms with Crippen LogP contribution in [0.1, 0.15) is 25.8 Å². The van der Waals surface area contributed by atoms with Gasteiger partial charge in [0.05, 0.1) is 0 Å². The summed E-state index contributed by atoms with van der Waals surface area (Å²) in [7, 11) is 0. The van der Waals surface area contributed by atoms with Crippen molar-refractivity contribution in [2.75, 3.05) is 0 Å². The predicted octanol–water partition coefficient (Wildman–Crippen LogP) is 3.74. The van der Waals surface area contributed by atoms with E-state index in [-0.39, 0.29) is 5.04 Å². The van der Waals surface area contributed by atoms with E-state index in [1.54, 1.807) is 0 Å². The molecule has 0 aliphatic heterocycles. The average Bonchev–Trinajstić information content (AvgIpc) is 2.35. The number of hydrogen-bond donors (Lipinski definition) is 1. The quantitative estimate of drug-likeness (QED) is 0.489. The Hall–Kier alpha value is -1.35. The van der Waals surface area contributed by atoms with Crippen LogP contribution in [0, 0.1) is 5.41 Å². The van der Waals surface area contributed by atoms with Gasteiger partial charge in [-0.3, -0.25) is 10.2 Å². The van der Waals surface area contributed by atoms with E-state index in [2.05, 4.69) is 6.92 Å². The highest BCUT2D eigenvalue weighted by Crippen LogP contribution is 2.32. The maximum absolute atomic E-state index is 10.5. The third-order valence-electron chi connectivity index (χ3n) is 2.27. The molecule has 2 nitrogen and oxygen atoms in total. The first kappa shape index (κ1) is 12.7. The molecule has 0 unspecified atom stereocenters. The minimum atomic E-state index is 0.0478. The number of allylic oxidation sites excluding steroid dienone is 1. The largest absolute Gasteiger partial charge is 0.296 e. The fourth-order valence-corrected chi connectivity index (χ4v) is 2.12. The Kier molecular flexibility index (Phi) is 4.99. The maximum Gasteiger partial charge on any atom is 0.174 e. The molecule has 0 radical (unpaired) electrons. The van der Waals surface area contributed by atoms with Gasteiger partial charge < -0.3 is 0 Å². The van der Waals surface area contributed by atoms with Gasteiger partial charge in [-0.15, -0.1) is 0 Å². The lowest BCUT2D eigenvalue weighted by Gasteiger charge is -2.09. The van der Waals surface area contributed by atoms with Gasteiger partial charge in [-0.25, -0.2) is 0 Å². The van der Waals surface area contributed by atoms with Gasteiger partial charge in [0, 0.05) is 4.91 Å². The molecule has 0 spiro atoms. The van der Waals surface area contributed by atoms with E-state index in [0.717, 1.165) is 16.9 Å². The molecule has 0 atom stereocenters. The highest BCUT2D eigenvalue weighted by Gasteiger charge is 2.08. The van der Waals surface area contributed by atoms with Crippen molar-refractivity contribution in [2.24, 2.45) is 0 Å². The minimum absolute atomic E-state index is 0.0478. The van der Waals surface area contributed by atoms with Crippen LogP contribution in [-0.4, -0.2) is 11.3 Å². The van der Waals surface area contributed by atoms with Gasteiger partial charge in [0.2, 0.25) is 0 Å². The van der Waals surface area contributed by atoms with Crippen molar-refractivity contribution in [3.63, 3.8) is 0 Å². The van der Waals surface area contributed by atoms with Crippen LogP contribution in [0.25, 0.3) is 4.91 Å². The lowest BCUT2D eigenvalue weighted by Crippen LogP contribution is -1.93. The molecule has 0 bridgehead atoms. The van der Waals surface area contributed by atoms with Crippen LogP contribution in [0.3, 0.4) is 0 Å². The van der Waals surface area contributed by atoms with E-state index in [1.165, 1.54) is 17.3 Å². The summed E-state index contributed by atoms with van der Waals surface area (Å²) in [4.78, 5) is 11.5. The number of rotatable bonds is 4. The van der Waals surface area contributed by atoms with Crippen molar-refractivity contribution in [1.82, 2.24) is 0 Å². The van der Waals surface area contributed by atoms with Crippen LogP contribution in [0.4, 0.5) is 0 Å². The molecule has 84 valence electrons. The van der Waals surface area contributed by atoms with E-state index in [9.17, 15) is 4.79 Å². The van der Waals surface area contributed by atoms with Crippen molar-refractivity contribution in [2.45, 2.75) is 20.3 Å². The molecule has 0 fully saturated rings. The topological polar surface area (TPSA) is 40.9 Å². The highest BCUT2D eigenvalue weighted by atomic mass is 32.2. The summed E-state index contributed by atoms with van der Waals surface area (Å²) in [6.45, 7) is 4.11. The Labute approximate surface area is 100 Å². The molecular weight excluding hydrogens is 218 g/mol. The number of carbonyl (C=O) groups excluding carboxylic acids is 1. The predicted molar refractivity (Wildman–Crippen MR) is 70.7 cm³/mol. The summed E-state index contributed by atoms with van der Waals surface area (Å²) in [6.07, 6.45) is 1.50. The number of benzene rings is 1. The standard InChI is InChI=1S/C13H15NOS/c1-3-10(2)13(16-12(14)9-15)11-7-5-4-6-8-11/h4-9,14H,3H2,1-2H3. The van der Waals surface area contributed by atoms with Gasteiger partial charge in [0.25, 0.3) is 0 Å². The zero-order chi connectivity index (χ0) is 12.0. The van der Waals surface area contributed by atoms with Gasteiger partial charge in [0.15, 0.2) is 6.29 Å². The Morgan fingerprint density at radius 2 is 2.00 bits per heavy atom. The SMILES string of the molecule is CCC(C)=C(SC(=N)C=O)c1ccccc1. The van der Waals surface area contributed by atoms with Crippen LogP contribution in [-0.2, 0) is 4.79 Å². The van der Waals surface area contributed by atoms with Crippen LogP contribution in [0.5, 0.6) is 0 Å². The molecule has 1 aromatic rings. The van der Waals surface area contributed by atoms with Gasteiger partial charge >= 0.3 is 0 Å². The fraction of sp³-hybridized carbons (Fsp3) is 0.231. The molecule has 0 amide bonds. The number of aldehydes is 1. The molecule has 0 saturated heterocycles. The first-order valence-corrected chi connectivity index (χ1v) is 5.97. The van der Waals surface area contributed by atoms with E-state index >= 15 is 0 Å². The number of hydrogen-bond acceptors (Lipinski definition) is 3. The lowest BCUT2D eigenvalue weighted by molar-refractivity contribution is -0.102. The Bertz CT molecular complexity index is 409. The summed E-state index contributed by atoms with van der Waals surface area (Å²) in [6, 6.07) is 9.88. The van der Waals surface area contributed by atoms with Crippen LogP contribution in [0.2, 0.25) is 0 Å². The molecule has 0 aliphatic carbocycles. The van der Waals surface area contributed by atoms with Crippen LogP contribution in [0.15, 0.2) is 35.9 Å². The Balaban J connectivity index is 3.07. The first-order chi connectivity index (χ1) is 7.69. The summed E-state index contributed by atoms with van der Waals surface area (Å²) < 4.78 is 0. The zero-order valence-electron chi connectivity index (χ0n) is 9.49. The maximum atomic E-state index is 10.5. The van der Waals surface area contributed by atoms with Gasteiger partial charge in [0.1, 0.15) is 5.04 Å². The summed E-state index contributed by atoms with van der Waals surface area (Å²) in [5.41, 5.74) is 2.27. The molecule has 0 aromatic heterocycles. The van der Waals surface area contributed by atoms with Crippen molar-refractivity contribution in [3.05, 3.63) is 41.5 Å². The van der Waals surface area contributed by atoms with Gasteiger partial charge in [-0.1, -0.05) is 54.6 Å². The number of carbonyl (C=O) groups is 1. The molecule has 1 aromatic carbocycles. The molecule has 0 saturated carbocycles. The second-order valence-corrected chi connectivity index (χ2v) is 4.47. The van der Waals surface area contributed by atoms with E-state index in [4.69, 9.17) is 5.41 Å². The van der Waals surface area contributed by atoms with Crippen molar-refractivity contribution < 1.29 is 4.79 Å². The monoisotopic (exact) mass is 233 g/mol. The van der Waals surface area contributed by atoms with Crippen molar-refractivity contribution in [3.8, 4) is 0 Å². The second kappa shape index (κ2) is 6.28. The lowest BCUT2D eigenvalue weighted by atomic mass is 10.1. The molecule has 0 aliphatic rings. The molecule has 0 heterocycles. The molecule has 16 heavy (non-hydrogen) atoms. The van der Waals surface area contributed by atoms with Crippen LogP contribution < -0.4 is 0 Å². The third kappa shape index (κ3) is 3.35. The second-order valence-electron chi connectivity index (χ2n) is 3.41. The molecule has 1 rings (SSSR count).